The van der Waals surface area contributed by atoms with E-state index in [2.05, 4.69) is 12.2 Å². The molecule has 0 radical (unpaired) electrons. The summed E-state index contributed by atoms with van der Waals surface area (Å²) in [5.41, 5.74) is 0.591. The normalized spacial score (nSPS) is 23.7. The van der Waals surface area contributed by atoms with Crippen LogP contribution in [0.2, 0.25) is 10.0 Å². The third-order valence-corrected chi connectivity index (χ3v) is 3.20. The van der Waals surface area contributed by atoms with Crippen LogP contribution in [0, 0.1) is 11.8 Å². The van der Waals surface area contributed by atoms with Crippen molar-refractivity contribution in [2.75, 3.05) is 5.32 Å². The molecule has 0 aromatic heterocycles. The zero-order valence-corrected chi connectivity index (χ0v) is 9.77. The molecule has 0 saturated heterocycles. The molecule has 1 aliphatic rings. The predicted octanol–water partition coefficient (Wildman–Crippen LogP) is 3.59. The molecule has 0 spiro atoms. The number of rotatable bonds is 2. The highest BCUT2D eigenvalue weighted by molar-refractivity contribution is 6.35. The van der Waals surface area contributed by atoms with Crippen molar-refractivity contribution in [3.63, 3.8) is 0 Å². The molecule has 4 heteroatoms. The Labute approximate surface area is 98.6 Å². The van der Waals surface area contributed by atoms with Gasteiger partial charge in [0.05, 0.1) is 10.7 Å². The lowest BCUT2D eigenvalue weighted by Gasteiger charge is -2.06. The molecule has 1 saturated carbocycles. The number of amides is 1. The van der Waals surface area contributed by atoms with Gasteiger partial charge in [-0.2, -0.15) is 0 Å². The van der Waals surface area contributed by atoms with Gasteiger partial charge in [-0.15, -0.1) is 0 Å². The Bertz CT molecular complexity index is 406. The van der Waals surface area contributed by atoms with Gasteiger partial charge in [0.15, 0.2) is 0 Å². The van der Waals surface area contributed by atoms with Gasteiger partial charge in [-0.1, -0.05) is 30.1 Å². The molecule has 1 aliphatic carbocycles. The number of anilines is 1. The van der Waals surface area contributed by atoms with Gasteiger partial charge in [0.25, 0.3) is 0 Å². The van der Waals surface area contributed by atoms with Crippen LogP contribution < -0.4 is 5.32 Å². The smallest absolute Gasteiger partial charge is 0.227 e. The number of halogens is 2. The van der Waals surface area contributed by atoms with Crippen molar-refractivity contribution in [3.8, 4) is 0 Å². The summed E-state index contributed by atoms with van der Waals surface area (Å²) in [4.78, 5) is 11.6. The largest absolute Gasteiger partial charge is 0.324 e. The topological polar surface area (TPSA) is 29.1 Å². The van der Waals surface area contributed by atoms with E-state index in [1.54, 1.807) is 18.2 Å². The SMILES string of the molecule is CC1CC1C(=O)Nc1cc(Cl)ccc1Cl. The number of benzene rings is 1. The summed E-state index contributed by atoms with van der Waals surface area (Å²) in [6.07, 6.45) is 0.962. The molecule has 2 unspecified atom stereocenters. The molecular formula is C11H11Cl2NO. The summed E-state index contributed by atoms with van der Waals surface area (Å²) < 4.78 is 0. The first kappa shape index (κ1) is 10.8. The van der Waals surface area contributed by atoms with Crippen LogP contribution in [0.1, 0.15) is 13.3 Å². The number of carbonyl (C=O) groups excluding carboxylic acids is 1. The van der Waals surface area contributed by atoms with E-state index in [0.717, 1.165) is 6.42 Å². The molecule has 0 heterocycles. The van der Waals surface area contributed by atoms with Gasteiger partial charge in [-0.05, 0) is 30.5 Å². The standard InChI is InChI=1S/C11H11Cl2NO/c1-6-4-8(6)11(15)14-10-5-7(12)2-3-9(10)13/h2-3,5-6,8H,4H2,1H3,(H,14,15). The fraction of sp³-hybridized carbons (Fsp3) is 0.364. The molecule has 1 fully saturated rings. The summed E-state index contributed by atoms with van der Waals surface area (Å²) in [5, 5.41) is 3.87. The van der Waals surface area contributed by atoms with Crippen LogP contribution in [-0.2, 0) is 4.79 Å². The molecule has 2 atom stereocenters. The Morgan fingerprint density at radius 1 is 1.47 bits per heavy atom. The predicted molar refractivity (Wildman–Crippen MR) is 62.4 cm³/mol. The zero-order valence-electron chi connectivity index (χ0n) is 8.26. The molecule has 80 valence electrons. The van der Waals surface area contributed by atoms with Crippen LogP contribution in [0.25, 0.3) is 0 Å². The van der Waals surface area contributed by atoms with Crippen LogP contribution in [0.3, 0.4) is 0 Å². The number of carbonyl (C=O) groups is 1. The van der Waals surface area contributed by atoms with Crippen LogP contribution in [0.4, 0.5) is 5.69 Å². The van der Waals surface area contributed by atoms with Crippen LogP contribution in [0.15, 0.2) is 18.2 Å². The first-order valence-corrected chi connectivity index (χ1v) is 5.59. The lowest BCUT2D eigenvalue weighted by molar-refractivity contribution is -0.117. The van der Waals surface area contributed by atoms with E-state index in [1.807, 2.05) is 0 Å². The third-order valence-electron chi connectivity index (χ3n) is 2.63. The highest BCUT2D eigenvalue weighted by atomic mass is 35.5. The van der Waals surface area contributed by atoms with Crippen LogP contribution in [-0.4, -0.2) is 5.91 Å². The quantitative estimate of drug-likeness (QED) is 0.846. The molecule has 0 aliphatic heterocycles. The third kappa shape index (κ3) is 2.44. The number of nitrogens with one attached hydrogen (secondary N) is 1. The highest BCUT2D eigenvalue weighted by Crippen LogP contribution is 2.39. The minimum absolute atomic E-state index is 0.0340. The molecule has 1 aromatic carbocycles. The first-order valence-electron chi connectivity index (χ1n) is 4.84. The summed E-state index contributed by atoms with van der Waals surface area (Å²) in [7, 11) is 0. The highest BCUT2D eigenvalue weighted by Gasteiger charge is 2.39. The Kier molecular flexibility index (Phi) is 2.89. The minimum atomic E-state index is 0.0340. The molecule has 1 aromatic rings. The molecule has 2 nitrogen and oxygen atoms in total. The van der Waals surface area contributed by atoms with E-state index in [9.17, 15) is 4.79 Å². The van der Waals surface area contributed by atoms with Crippen molar-refractivity contribution >= 4 is 34.8 Å². The maximum Gasteiger partial charge on any atom is 0.227 e. The Hall–Kier alpha value is -0.730. The Morgan fingerprint density at radius 3 is 2.73 bits per heavy atom. The van der Waals surface area contributed by atoms with E-state index in [-0.39, 0.29) is 11.8 Å². The van der Waals surface area contributed by atoms with Crippen molar-refractivity contribution in [2.24, 2.45) is 11.8 Å². The second kappa shape index (κ2) is 4.03. The molecule has 15 heavy (non-hydrogen) atoms. The minimum Gasteiger partial charge on any atom is -0.324 e. The van der Waals surface area contributed by atoms with E-state index < -0.39 is 0 Å². The molecular weight excluding hydrogens is 233 g/mol. The summed E-state index contributed by atoms with van der Waals surface area (Å²) in [6, 6.07) is 5.03. The molecule has 1 N–H and O–H groups in total. The van der Waals surface area contributed by atoms with E-state index >= 15 is 0 Å². The first-order chi connectivity index (χ1) is 7.08. The monoisotopic (exact) mass is 243 g/mol. The fourth-order valence-electron chi connectivity index (χ4n) is 1.51. The summed E-state index contributed by atoms with van der Waals surface area (Å²) >= 11 is 11.7. The van der Waals surface area contributed by atoms with Gasteiger partial charge in [-0.3, -0.25) is 4.79 Å². The average molecular weight is 244 g/mol. The lowest BCUT2D eigenvalue weighted by atomic mass is 10.3. The van der Waals surface area contributed by atoms with E-state index in [4.69, 9.17) is 23.2 Å². The van der Waals surface area contributed by atoms with Crippen LogP contribution >= 0.6 is 23.2 Å². The van der Waals surface area contributed by atoms with Gasteiger partial charge in [0.1, 0.15) is 0 Å². The molecule has 1 amide bonds. The van der Waals surface area contributed by atoms with Crippen molar-refractivity contribution in [1.29, 1.82) is 0 Å². The van der Waals surface area contributed by atoms with Gasteiger partial charge < -0.3 is 5.32 Å². The zero-order chi connectivity index (χ0) is 11.0. The molecule has 2 rings (SSSR count). The lowest BCUT2D eigenvalue weighted by Crippen LogP contribution is -2.14. The van der Waals surface area contributed by atoms with E-state index in [1.165, 1.54) is 0 Å². The molecule has 0 bridgehead atoms. The maximum absolute atomic E-state index is 11.6. The maximum atomic E-state index is 11.6. The summed E-state index contributed by atoms with van der Waals surface area (Å²) in [6.45, 7) is 2.06. The van der Waals surface area contributed by atoms with Gasteiger partial charge in [0.2, 0.25) is 5.91 Å². The van der Waals surface area contributed by atoms with Crippen molar-refractivity contribution < 1.29 is 4.79 Å². The Morgan fingerprint density at radius 2 is 2.13 bits per heavy atom. The van der Waals surface area contributed by atoms with Gasteiger partial charge in [0, 0.05) is 10.9 Å². The fourth-order valence-corrected chi connectivity index (χ4v) is 1.84. The van der Waals surface area contributed by atoms with Crippen molar-refractivity contribution in [2.45, 2.75) is 13.3 Å². The number of hydrogen-bond acceptors (Lipinski definition) is 1. The average Bonchev–Trinajstić information content (AvgIpc) is 2.89. The second-order valence-corrected chi connectivity index (χ2v) is 4.78. The Balaban J connectivity index is 2.10. The van der Waals surface area contributed by atoms with Crippen molar-refractivity contribution in [1.82, 2.24) is 0 Å². The van der Waals surface area contributed by atoms with E-state index in [0.29, 0.717) is 21.7 Å². The van der Waals surface area contributed by atoms with Crippen LogP contribution in [0.5, 0.6) is 0 Å². The summed E-state index contributed by atoms with van der Waals surface area (Å²) in [5.74, 6) is 0.662. The van der Waals surface area contributed by atoms with Crippen molar-refractivity contribution in [3.05, 3.63) is 28.2 Å². The second-order valence-electron chi connectivity index (χ2n) is 3.93. The number of hydrogen-bond donors (Lipinski definition) is 1. The van der Waals surface area contributed by atoms with Gasteiger partial charge >= 0.3 is 0 Å². The van der Waals surface area contributed by atoms with Gasteiger partial charge in [-0.25, -0.2) is 0 Å².